The minimum atomic E-state index is -4.55. The number of hydrogen-bond donors (Lipinski definition) is 1. The number of amides is 1. The fraction of sp³-hybridized carbons (Fsp3) is 0.118. The van der Waals surface area contributed by atoms with Crippen molar-refractivity contribution in [1.29, 1.82) is 0 Å². The fourth-order valence-corrected chi connectivity index (χ4v) is 2.92. The van der Waals surface area contributed by atoms with E-state index in [4.69, 9.17) is 0 Å². The zero-order valence-corrected chi connectivity index (χ0v) is 14.6. The smallest absolute Gasteiger partial charge is 0.324 e. The molecule has 0 aliphatic carbocycles. The summed E-state index contributed by atoms with van der Waals surface area (Å²) in [7, 11) is 0. The van der Waals surface area contributed by atoms with Gasteiger partial charge in [0.05, 0.1) is 17.3 Å². The summed E-state index contributed by atoms with van der Waals surface area (Å²) in [6, 6.07) is 10.0. The van der Waals surface area contributed by atoms with Crippen LogP contribution in [-0.4, -0.2) is 15.7 Å². The summed E-state index contributed by atoms with van der Waals surface area (Å²) in [5.41, 5.74) is -0.694. The van der Waals surface area contributed by atoms with Crippen molar-refractivity contribution < 1.29 is 18.0 Å². The zero-order valence-electron chi connectivity index (χ0n) is 13.0. The number of halogens is 4. The molecule has 3 rings (SSSR count). The maximum absolute atomic E-state index is 12.9. The molecule has 0 aliphatic heterocycles. The van der Waals surface area contributed by atoms with E-state index in [1.54, 1.807) is 24.3 Å². The number of nitrogens with zero attached hydrogens (tertiary/aromatic N) is 2. The highest BCUT2D eigenvalue weighted by molar-refractivity contribution is 9.10. The van der Waals surface area contributed by atoms with Crippen LogP contribution in [0.25, 0.3) is 10.9 Å². The molecule has 0 fully saturated rings. The summed E-state index contributed by atoms with van der Waals surface area (Å²) in [6.45, 7) is -0.252. The van der Waals surface area contributed by atoms with Crippen LogP contribution in [0.4, 0.5) is 18.9 Å². The standard InChI is InChI=1S/C17H11BrF3N3O2/c18-13-6-5-10(7-12(13)17(19,20)21)23-16(26)9-24-14-4-2-1-3-11(14)15(25)8-22-24/h1-8H,9H2,(H,23,26). The Morgan fingerprint density at radius 3 is 2.65 bits per heavy atom. The average Bonchev–Trinajstić information content (AvgIpc) is 2.58. The lowest BCUT2D eigenvalue weighted by molar-refractivity contribution is -0.138. The van der Waals surface area contributed by atoms with Crippen LogP contribution in [0.15, 0.2) is 57.9 Å². The topological polar surface area (TPSA) is 64.0 Å². The zero-order chi connectivity index (χ0) is 18.9. The van der Waals surface area contributed by atoms with Crippen molar-refractivity contribution in [3.63, 3.8) is 0 Å². The number of para-hydroxylation sites is 1. The second-order valence-corrected chi connectivity index (χ2v) is 6.28. The van der Waals surface area contributed by atoms with E-state index < -0.39 is 17.6 Å². The van der Waals surface area contributed by atoms with Gasteiger partial charge in [0.25, 0.3) is 0 Å². The molecule has 1 N–H and O–H groups in total. The van der Waals surface area contributed by atoms with E-state index in [1.807, 2.05) is 0 Å². The highest BCUT2D eigenvalue weighted by atomic mass is 79.9. The number of aromatic nitrogens is 2. The van der Waals surface area contributed by atoms with Crippen LogP contribution in [0.5, 0.6) is 0 Å². The number of nitrogens with one attached hydrogen (secondary N) is 1. The molecule has 0 bridgehead atoms. The quantitative estimate of drug-likeness (QED) is 0.693. The summed E-state index contributed by atoms with van der Waals surface area (Å²) in [5.74, 6) is -0.568. The molecule has 0 aliphatic rings. The SMILES string of the molecule is O=C(Cn1ncc(=O)c2ccccc21)Nc1ccc(Br)c(C(F)(F)F)c1. The highest BCUT2D eigenvalue weighted by Gasteiger charge is 2.33. The number of anilines is 1. The third-order valence-electron chi connectivity index (χ3n) is 3.61. The van der Waals surface area contributed by atoms with Crippen molar-refractivity contribution in [3.05, 3.63) is 68.9 Å². The highest BCUT2D eigenvalue weighted by Crippen LogP contribution is 2.36. The Balaban J connectivity index is 1.85. The minimum Gasteiger partial charge on any atom is -0.324 e. The lowest BCUT2D eigenvalue weighted by Gasteiger charge is -2.13. The summed E-state index contributed by atoms with van der Waals surface area (Å²) < 4.78 is 40.0. The number of alkyl halides is 3. The van der Waals surface area contributed by atoms with Crippen molar-refractivity contribution >= 4 is 38.4 Å². The molecule has 26 heavy (non-hydrogen) atoms. The van der Waals surface area contributed by atoms with E-state index in [2.05, 4.69) is 26.3 Å². The first kappa shape index (κ1) is 18.1. The van der Waals surface area contributed by atoms with Gasteiger partial charge in [0.15, 0.2) is 0 Å². The van der Waals surface area contributed by atoms with E-state index in [0.717, 1.165) is 12.3 Å². The molecule has 5 nitrogen and oxygen atoms in total. The Bertz CT molecular complexity index is 1050. The fourth-order valence-electron chi connectivity index (χ4n) is 2.44. The molecule has 3 aromatic rings. The van der Waals surface area contributed by atoms with Gasteiger partial charge in [-0.2, -0.15) is 18.3 Å². The van der Waals surface area contributed by atoms with Crippen LogP contribution in [0.1, 0.15) is 5.56 Å². The van der Waals surface area contributed by atoms with Crippen LogP contribution < -0.4 is 10.7 Å². The van der Waals surface area contributed by atoms with Crippen LogP contribution in [0.3, 0.4) is 0 Å². The largest absolute Gasteiger partial charge is 0.417 e. The maximum atomic E-state index is 12.9. The molecule has 0 spiro atoms. The van der Waals surface area contributed by atoms with Gasteiger partial charge in [-0.3, -0.25) is 14.3 Å². The van der Waals surface area contributed by atoms with Gasteiger partial charge < -0.3 is 5.32 Å². The van der Waals surface area contributed by atoms with Crippen molar-refractivity contribution in [2.24, 2.45) is 0 Å². The first-order chi connectivity index (χ1) is 12.3. The first-order valence-corrected chi connectivity index (χ1v) is 8.16. The number of benzene rings is 2. The van der Waals surface area contributed by atoms with Crippen LogP contribution in [0, 0.1) is 0 Å². The second kappa shape index (κ2) is 6.91. The van der Waals surface area contributed by atoms with Crippen LogP contribution >= 0.6 is 15.9 Å². The van der Waals surface area contributed by atoms with Crippen molar-refractivity contribution in [2.45, 2.75) is 12.7 Å². The molecule has 0 saturated heterocycles. The maximum Gasteiger partial charge on any atom is 0.417 e. The number of carbonyl (C=O) groups is 1. The summed E-state index contributed by atoms with van der Waals surface area (Å²) in [5, 5.41) is 6.73. The summed E-state index contributed by atoms with van der Waals surface area (Å²) in [6.07, 6.45) is -3.45. The Labute approximate surface area is 153 Å². The normalized spacial score (nSPS) is 11.5. The molecule has 0 atom stereocenters. The summed E-state index contributed by atoms with van der Waals surface area (Å²) in [4.78, 5) is 24.0. The monoisotopic (exact) mass is 425 g/mol. The molecule has 1 heterocycles. The lowest BCUT2D eigenvalue weighted by Crippen LogP contribution is -2.22. The molecular formula is C17H11BrF3N3O2. The Morgan fingerprint density at radius 2 is 1.92 bits per heavy atom. The molecule has 9 heteroatoms. The van der Waals surface area contributed by atoms with Gasteiger partial charge in [0.1, 0.15) is 6.54 Å². The van der Waals surface area contributed by atoms with Crippen LogP contribution in [0.2, 0.25) is 0 Å². The number of rotatable bonds is 3. The molecule has 2 aromatic carbocycles. The first-order valence-electron chi connectivity index (χ1n) is 7.37. The Kier molecular flexibility index (Phi) is 4.82. The van der Waals surface area contributed by atoms with E-state index in [-0.39, 0.29) is 22.1 Å². The van der Waals surface area contributed by atoms with Gasteiger partial charge in [-0.1, -0.05) is 28.1 Å². The molecule has 0 saturated carbocycles. The van der Waals surface area contributed by atoms with E-state index in [1.165, 1.54) is 16.8 Å². The predicted molar refractivity (Wildman–Crippen MR) is 93.8 cm³/mol. The van der Waals surface area contributed by atoms with Gasteiger partial charge in [0, 0.05) is 15.5 Å². The molecular weight excluding hydrogens is 415 g/mol. The predicted octanol–water partition coefficient (Wildman–Crippen LogP) is 3.82. The Morgan fingerprint density at radius 1 is 1.19 bits per heavy atom. The molecule has 0 radical (unpaired) electrons. The van der Waals surface area contributed by atoms with Gasteiger partial charge >= 0.3 is 6.18 Å². The van der Waals surface area contributed by atoms with Crippen molar-refractivity contribution in [3.8, 4) is 0 Å². The second-order valence-electron chi connectivity index (χ2n) is 5.42. The third kappa shape index (κ3) is 3.77. The molecule has 0 unspecified atom stereocenters. The van der Waals surface area contributed by atoms with E-state index >= 15 is 0 Å². The van der Waals surface area contributed by atoms with Gasteiger partial charge in [-0.15, -0.1) is 0 Å². The van der Waals surface area contributed by atoms with Gasteiger partial charge in [0.2, 0.25) is 11.3 Å². The van der Waals surface area contributed by atoms with Crippen molar-refractivity contribution in [2.75, 3.05) is 5.32 Å². The Hall–Kier alpha value is -2.68. The minimum absolute atomic E-state index is 0.0101. The van der Waals surface area contributed by atoms with E-state index in [9.17, 15) is 22.8 Å². The molecule has 1 aromatic heterocycles. The number of fused-ring (bicyclic) bond motifs is 1. The molecule has 1 amide bonds. The van der Waals surface area contributed by atoms with Crippen LogP contribution in [-0.2, 0) is 17.5 Å². The van der Waals surface area contributed by atoms with E-state index in [0.29, 0.717) is 10.9 Å². The molecule has 134 valence electrons. The number of hydrogen-bond acceptors (Lipinski definition) is 3. The lowest BCUT2D eigenvalue weighted by atomic mass is 10.2. The van der Waals surface area contributed by atoms with Gasteiger partial charge in [-0.05, 0) is 30.3 Å². The van der Waals surface area contributed by atoms with Gasteiger partial charge in [-0.25, -0.2) is 0 Å². The van der Waals surface area contributed by atoms with Crippen molar-refractivity contribution in [1.82, 2.24) is 9.78 Å². The third-order valence-corrected chi connectivity index (χ3v) is 4.30. The average molecular weight is 426 g/mol. The summed E-state index contributed by atoms with van der Waals surface area (Å²) >= 11 is 2.84. The number of carbonyl (C=O) groups excluding carboxylic acids is 1.